The van der Waals surface area contributed by atoms with E-state index < -0.39 is 27.4 Å². The molecule has 11 nitrogen and oxygen atoms in total. The van der Waals surface area contributed by atoms with Crippen molar-refractivity contribution in [1.29, 1.82) is 0 Å². The summed E-state index contributed by atoms with van der Waals surface area (Å²) in [7, 11) is -3.06. The summed E-state index contributed by atoms with van der Waals surface area (Å²) >= 11 is 0. The zero-order chi connectivity index (χ0) is 22.2. The Bertz CT molecular complexity index is 1370. The molecular weight excluding hydrogens is 414 g/mol. The van der Waals surface area contributed by atoms with E-state index in [0.717, 1.165) is 24.6 Å². The van der Waals surface area contributed by atoms with Gasteiger partial charge in [0.05, 0.1) is 30.0 Å². The largest absolute Gasteiger partial charge is 0.452 e. The van der Waals surface area contributed by atoms with Crippen LogP contribution in [0.5, 0.6) is 0 Å². The molecule has 160 valence electrons. The van der Waals surface area contributed by atoms with Crippen molar-refractivity contribution >= 4 is 27.0 Å². The summed E-state index contributed by atoms with van der Waals surface area (Å²) in [4.78, 5) is 37.4. The zero-order valence-corrected chi connectivity index (χ0v) is 17.7. The zero-order valence-electron chi connectivity index (χ0n) is 16.9. The third-order valence-electron chi connectivity index (χ3n) is 4.63. The average molecular weight is 435 g/mol. The fourth-order valence-electron chi connectivity index (χ4n) is 3.27. The molecule has 0 unspecified atom stereocenters. The molecule has 2 aromatic heterocycles. The van der Waals surface area contributed by atoms with Gasteiger partial charge in [-0.05, 0) is 37.1 Å². The van der Waals surface area contributed by atoms with Crippen LogP contribution in [-0.4, -0.2) is 46.3 Å². The Balaban J connectivity index is 2.51. The van der Waals surface area contributed by atoms with Crippen LogP contribution in [0.15, 0.2) is 34.0 Å². The average Bonchev–Trinajstić information content (AvgIpc) is 3.17. The van der Waals surface area contributed by atoms with Gasteiger partial charge in [-0.1, -0.05) is 6.92 Å². The Hall–Kier alpha value is -3.41. The maximum Gasteiger partial charge on any atom is 0.426 e. The summed E-state index contributed by atoms with van der Waals surface area (Å²) in [6.45, 7) is 4.37. The highest BCUT2D eigenvalue weighted by atomic mass is 32.2. The van der Waals surface area contributed by atoms with E-state index >= 15 is 0 Å². The van der Waals surface area contributed by atoms with Gasteiger partial charge in [0.1, 0.15) is 0 Å². The summed E-state index contributed by atoms with van der Waals surface area (Å²) in [6, 6.07) is 4.79. The second-order valence-electron chi connectivity index (χ2n) is 6.47. The summed E-state index contributed by atoms with van der Waals surface area (Å²) in [5.41, 5.74) is 1.92. The first-order valence-corrected chi connectivity index (χ1v) is 10.9. The number of benzene rings is 1. The van der Waals surface area contributed by atoms with E-state index in [1.165, 1.54) is 12.1 Å². The molecule has 0 saturated heterocycles. The molecule has 0 aliphatic heterocycles. The summed E-state index contributed by atoms with van der Waals surface area (Å²) in [5, 5.41) is 4.17. The quantitative estimate of drug-likeness (QED) is 0.624. The number of hydrogen-bond donors (Lipinski definition) is 1. The molecule has 0 atom stereocenters. The molecular formula is C18H21N5O6S. The third-order valence-corrected chi connectivity index (χ3v) is 5.65. The van der Waals surface area contributed by atoms with E-state index in [4.69, 9.17) is 0 Å². The highest BCUT2D eigenvalue weighted by Gasteiger charge is 2.23. The molecule has 0 bridgehead atoms. The molecule has 0 aliphatic rings. The number of aromatic nitrogens is 4. The van der Waals surface area contributed by atoms with Crippen LogP contribution in [0.3, 0.4) is 0 Å². The number of hydrogen-bond acceptors (Lipinski definition) is 7. The minimum absolute atomic E-state index is 0.0625. The van der Waals surface area contributed by atoms with Crippen LogP contribution >= 0.6 is 0 Å². The Morgan fingerprint density at radius 3 is 2.50 bits per heavy atom. The van der Waals surface area contributed by atoms with E-state index in [-0.39, 0.29) is 10.9 Å². The van der Waals surface area contributed by atoms with Gasteiger partial charge in [0.2, 0.25) is 10.0 Å². The molecule has 1 N–H and O–H groups in total. The van der Waals surface area contributed by atoms with Gasteiger partial charge in [-0.25, -0.2) is 23.4 Å². The lowest BCUT2D eigenvalue weighted by atomic mass is 9.99. The maximum absolute atomic E-state index is 13.0. The fraction of sp³-hybridized carbons (Fsp3) is 0.333. The van der Waals surface area contributed by atoms with Crippen LogP contribution in [0.2, 0.25) is 0 Å². The fourth-order valence-corrected chi connectivity index (χ4v) is 4.15. The summed E-state index contributed by atoms with van der Waals surface area (Å²) in [5.74, 6) is 0. The van der Waals surface area contributed by atoms with Crippen molar-refractivity contribution in [2.75, 3.05) is 18.8 Å². The van der Waals surface area contributed by atoms with Crippen LogP contribution in [0.25, 0.3) is 22.2 Å². The molecule has 0 aliphatic carbocycles. The molecule has 2 heterocycles. The number of carbonyl (C=O) groups is 1. The van der Waals surface area contributed by atoms with Gasteiger partial charge in [-0.15, -0.1) is 0 Å². The topological polar surface area (TPSA) is 134 Å². The van der Waals surface area contributed by atoms with Gasteiger partial charge < -0.3 is 4.74 Å². The normalized spacial score (nSPS) is 11.6. The molecule has 30 heavy (non-hydrogen) atoms. The van der Waals surface area contributed by atoms with Crippen LogP contribution < -0.4 is 16.7 Å². The van der Waals surface area contributed by atoms with Crippen molar-refractivity contribution < 1.29 is 17.9 Å². The van der Waals surface area contributed by atoms with Crippen molar-refractivity contribution in [3.05, 3.63) is 50.8 Å². The number of methoxy groups -OCH3 is 1. The lowest BCUT2D eigenvalue weighted by molar-refractivity contribution is 0.183. The Kier molecular flexibility index (Phi) is 5.53. The predicted octanol–water partition coefficient (Wildman–Crippen LogP) is 0.727. The number of carbonyl (C=O) groups excluding carboxylic acids is 1. The number of fused-ring (bicyclic) bond motifs is 1. The highest BCUT2D eigenvalue weighted by molar-refractivity contribution is 7.89. The van der Waals surface area contributed by atoms with Crippen LogP contribution in [0, 0.1) is 0 Å². The molecule has 3 aromatic rings. The van der Waals surface area contributed by atoms with Crippen LogP contribution in [0.1, 0.15) is 19.4 Å². The van der Waals surface area contributed by atoms with Crippen LogP contribution in [-0.2, 0) is 27.7 Å². The van der Waals surface area contributed by atoms with E-state index in [9.17, 15) is 22.8 Å². The number of aryl methyl sites for hydroxylation is 2. The molecule has 0 radical (unpaired) electrons. The molecule has 0 fully saturated rings. The van der Waals surface area contributed by atoms with Gasteiger partial charge in [-0.2, -0.15) is 13.7 Å². The lowest BCUT2D eigenvalue weighted by Gasteiger charge is -2.16. The van der Waals surface area contributed by atoms with Gasteiger partial charge in [0.25, 0.3) is 5.56 Å². The minimum Gasteiger partial charge on any atom is -0.452 e. The van der Waals surface area contributed by atoms with E-state index in [1.54, 1.807) is 16.9 Å². The smallest absolute Gasteiger partial charge is 0.426 e. The highest BCUT2D eigenvalue weighted by Crippen LogP contribution is 2.28. The first kappa shape index (κ1) is 21.3. The SMILES string of the molecule is CCc1cc2c(cc1-c1ccnn1CC)c(=O)n(NC(=O)OC)c(=O)n2S(C)(=O)=O. The van der Waals surface area contributed by atoms with Crippen molar-refractivity contribution in [3.8, 4) is 11.3 Å². The molecule has 1 aromatic carbocycles. The Labute approximate surface area is 171 Å². The number of nitrogens with zero attached hydrogens (tertiary/aromatic N) is 4. The van der Waals surface area contributed by atoms with Crippen molar-refractivity contribution in [2.24, 2.45) is 0 Å². The number of rotatable bonds is 5. The molecule has 12 heteroatoms. The van der Waals surface area contributed by atoms with Crippen molar-refractivity contribution in [1.82, 2.24) is 18.4 Å². The standard InChI is InChI=1S/C18H21N5O6S/c1-5-11-9-15-13(10-12(11)14-7-8-19-21(14)6-2)16(24)22(20-17(25)29-3)18(26)23(15)30(4,27)28/h7-10H,5-6H2,1-4H3,(H,20,25). The third kappa shape index (κ3) is 3.49. The second kappa shape index (κ2) is 7.78. The number of amides is 1. The lowest BCUT2D eigenvalue weighted by Crippen LogP contribution is -2.48. The molecule has 0 saturated carbocycles. The minimum atomic E-state index is -4.11. The van der Waals surface area contributed by atoms with Gasteiger partial charge in [0, 0.05) is 18.3 Å². The van der Waals surface area contributed by atoms with E-state index in [2.05, 4.69) is 9.84 Å². The van der Waals surface area contributed by atoms with Gasteiger partial charge in [0.15, 0.2) is 0 Å². The second-order valence-corrected chi connectivity index (χ2v) is 8.30. The maximum atomic E-state index is 13.0. The number of ether oxygens (including phenoxy) is 1. The van der Waals surface area contributed by atoms with Crippen molar-refractivity contribution in [2.45, 2.75) is 26.8 Å². The van der Waals surface area contributed by atoms with Crippen molar-refractivity contribution in [3.63, 3.8) is 0 Å². The van der Waals surface area contributed by atoms with Crippen LogP contribution in [0.4, 0.5) is 4.79 Å². The summed E-state index contributed by atoms with van der Waals surface area (Å²) < 4.78 is 31.8. The summed E-state index contributed by atoms with van der Waals surface area (Å²) in [6.07, 6.45) is 1.88. The molecule has 1 amide bonds. The van der Waals surface area contributed by atoms with Gasteiger partial charge in [-0.3, -0.25) is 9.48 Å². The molecule has 3 rings (SSSR count). The number of nitrogens with one attached hydrogen (secondary N) is 1. The first-order chi connectivity index (χ1) is 14.1. The first-order valence-electron chi connectivity index (χ1n) is 9.06. The predicted molar refractivity (Wildman–Crippen MR) is 111 cm³/mol. The Morgan fingerprint density at radius 2 is 1.93 bits per heavy atom. The Morgan fingerprint density at radius 1 is 1.23 bits per heavy atom. The van der Waals surface area contributed by atoms with Gasteiger partial charge >= 0.3 is 11.8 Å². The van der Waals surface area contributed by atoms with E-state index in [1.807, 2.05) is 19.3 Å². The molecule has 0 spiro atoms. The van der Waals surface area contributed by atoms with E-state index in [0.29, 0.717) is 27.2 Å². The monoisotopic (exact) mass is 435 g/mol.